The van der Waals surface area contributed by atoms with Crippen molar-refractivity contribution in [1.29, 1.82) is 0 Å². The Bertz CT molecular complexity index is 464. The van der Waals surface area contributed by atoms with Crippen molar-refractivity contribution in [3.63, 3.8) is 0 Å². The highest BCUT2D eigenvalue weighted by atomic mass is 79.9. The number of piperidine rings is 1. The third kappa shape index (κ3) is 3.64. The molecule has 0 aromatic heterocycles. The van der Waals surface area contributed by atoms with E-state index in [1.165, 1.54) is 0 Å². The van der Waals surface area contributed by atoms with E-state index in [0.29, 0.717) is 0 Å². The van der Waals surface area contributed by atoms with Gasteiger partial charge in [-0.1, -0.05) is 28.1 Å². The van der Waals surface area contributed by atoms with E-state index >= 15 is 0 Å². The van der Waals surface area contributed by atoms with Gasteiger partial charge in [0.25, 0.3) is 0 Å². The second kappa shape index (κ2) is 6.30. The predicted octanol–water partition coefficient (Wildman–Crippen LogP) is 2.08. The van der Waals surface area contributed by atoms with E-state index in [1.54, 1.807) is 0 Å². The van der Waals surface area contributed by atoms with Crippen LogP contribution in [0.1, 0.15) is 25.3 Å². The summed E-state index contributed by atoms with van der Waals surface area (Å²) in [6.07, 6.45) is 2.39. The molecule has 0 spiro atoms. The van der Waals surface area contributed by atoms with Crippen molar-refractivity contribution in [3.05, 3.63) is 34.3 Å². The summed E-state index contributed by atoms with van der Waals surface area (Å²) >= 11 is 3.42. The first kappa shape index (κ1) is 14.2. The molecule has 1 aliphatic heterocycles. The van der Waals surface area contributed by atoms with E-state index in [1.807, 2.05) is 31.2 Å². The lowest BCUT2D eigenvalue weighted by atomic mass is 9.98. The number of amides is 1. The maximum Gasteiger partial charge on any atom is 0.208 e. The molecule has 102 valence electrons. The van der Waals surface area contributed by atoms with Gasteiger partial charge in [-0.25, -0.2) is 0 Å². The highest BCUT2D eigenvalue weighted by molar-refractivity contribution is 9.10. The van der Waals surface area contributed by atoms with Crippen LogP contribution in [0.2, 0.25) is 0 Å². The highest BCUT2D eigenvalue weighted by Gasteiger charge is 2.30. The molecule has 1 aromatic carbocycles. The maximum atomic E-state index is 10.8. The van der Waals surface area contributed by atoms with Gasteiger partial charge in [0, 0.05) is 23.0 Å². The highest BCUT2D eigenvalue weighted by Crippen LogP contribution is 2.21. The van der Waals surface area contributed by atoms with Crippen LogP contribution >= 0.6 is 15.9 Å². The summed E-state index contributed by atoms with van der Waals surface area (Å²) < 4.78 is 1.05. The fourth-order valence-corrected chi connectivity index (χ4v) is 2.58. The van der Waals surface area contributed by atoms with E-state index in [9.17, 15) is 4.79 Å². The zero-order valence-electron chi connectivity index (χ0n) is 10.9. The van der Waals surface area contributed by atoms with E-state index < -0.39 is 5.66 Å². The van der Waals surface area contributed by atoms with Gasteiger partial charge in [-0.15, -0.1) is 0 Å². The lowest BCUT2D eigenvalue weighted by molar-refractivity contribution is -0.111. The van der Waals surface area contributed by atoms with Gasteiger partial charge in [-0.3, -0.25) is 9.79 Å². The van der Waals surface area contributed by atoms with E-state index in [0.717, 1.165) is 48.1 Å². The molecule has 1 aliphatic rings. The SMILES string of the molecule is C/C(=N\C1(NC=O)CCNCC1)c1ccc(Br)cc1. The summed E-state index contributed by atoms with van der Waals surface area (Å²) in [6, 6.07) is 8.05. The molecule has 0 aliphatic carbocycles. The molecule has 2 rings (SSSR count). The number of benzene rings is 1. The fourth-order valence-electron chi connectivity index (χ4n) is 2.32. The molecule has 0 unspecified atom stereocenters. The van der Waals surface area contributed by atoms with Crippen LogP contribution in [0.5, 0.6) is 0 Å². The van der Waals surface area contributed by atoms with Crippen LogP contribution < -0.4 is 10.6 Å². The molecule has 2 N–H and O–H groups in total. The molecule has 4 nitrogen and oxygen atoms in total. The third-order valence-electron chi connectivity index (χ3n) is 3.40. The Labute approximate surface area is 121 Å². The molecule has 0 atom stereocenters. The van der Waals surface area contributed by atoms with Gasteiger partial charge in [-0.2, -0.15) is 0 Å². The summed E-state index contributed by atoms with van der Waals surface area (Å²) in [7, 11) is 0. The first-order valence-electron chi connectivity index (χ1n) is 6.40. The number of nitrogens with one attached hydrogen (secondary N) is 2. The summed E-state index contributed by atoms with van der Waals surface area (Å²) in [5, 5.41) is 6.18. The lowest BCUT2D eigenvalue weighted by Crippen LogP contribution is -2.51. The Morgan fingerprint density at radius 3 is 2.58 bits per heavy atom. The molecular weight excluding hydrogens is 306 g/mol. The summed E-state index contributed by atoms with van der Waals surface area (Å²) in [5.41, 5.74) is 1.57. The van der Waals surface area contributed by atoms with Crippen LogP contribution in [-0.4, -0.2) is 30.9 Å². The Balaban J connectivity index is 2.24. The topological polar surface area (TPSA) is 53.5 Å². The minimum Gasteiger partial charge on any atom is -0.334 e. The molecule has 1 amide bonds. The summed E-state index contributed by atoms with van der Waals surface area (Å²) in [6.45, 7) is 3.73. The minimum absolute atomic E-state index is 0.454. The molecule has 0 bridgehead atoms. The maximum absolute atomic E-state index is 10.8. The molecule has 1 heterocycles. The number of hydrogen-bond donors (Lipinski definition) is 2. The first-order valence-corrected chi connectivity index (χ1v) is 7.19. The quantitative estimate of drug-likeness (QED) is 0.658. The molecule has 19 heavy (non-hydrogen) atoms. The second-order valence-corrected chi connectivity index (χ2v) is 5.66. The van der Waals surface area contributed by atoms with E-state index in [-0.39, 0.29) is 0 Å². The number of nitrogens with zero attached hydrogens (tertiary/aromatic N) is 1. The van der Waals surface area contributed by atoms with Crippen molar-refractivity contribution in [2.45, 2.75) is 25.4 Å². The minimum atomic E-state index is -0.454. The zero-order chi connectivity index (χ0) is 13.7. The van der Waals surface area contributed by atoms with Gasteiger partial charge in [-0.05, 0) is 37.7 Å². The molecule has 1 saturated heterocycles. The Kier molecular flexibility index (Phi) is 4.71. The van der Waals surface area contributed by atoms with Gasteiger partial charge in [0.05, 0.1) is 0 Å². The number of carbonyl (C=O) groups is 1. The van der Waals surface area contributed by atoms with Crippen LogP contribution in [-0.2, 0) is 4.79 Å². The van der Waals surface area contributed by atoms with Gasteiger partial charge in [0.15, 0.2) is 0 Å². The number of carbonyl (C=O) groups excluding carboxylic acids is 1. The van der Waals surface area contributed by atoms with Crippen LogP contribution in [0.25, 0.3) is 0 Å². The van der Waals surface area contributed by atoms with Crippen molar-refractivity contribution in [1.82, 2.24) is 10.6 Å². The summed E-state index contributed by atoms with van der Waals surface area (Å²) in [4.78, 5) is 15.6. The predicted molar refractivity (Wildman–Crippen MR) is 80.4 cm³/mol. The first-order chi connectivity index (χ1) is 9.15. The van der Waals surface area contributed by atoms with Crippen molar-refractivity contribution in [2.75, 3.05) is 13.1 Å². The van der Waals surface area contributed by atoms with Crippen LogP contribution in [0.3, 0.4) is 0 Å². The average molecular weight is 324 g/mol. The molecule has 1 fully saturated rings. The number of halogens is 1. The normalized spacial score (nSPS) is 18.9. The number of aliphatic imine (C=N–C) groups is 1. The number of rotatable bonds is 4. The summed E-state index contributed by atoms with van der Waals surface area (Å²) in [5.74, 6) is 0. The second-order valence-electron chi connectivity index (χ2n) is 4.75. The molecule has 0 saturated carbocycles. The molecule has 5 heteroatoms. The molecule has 1 aromatic rings. The van der Waals surface area contributed by atoms with E-state index in [4.69, 9.17) is 4.99 Å². The zero-order valence-corrected chi connectivity index (χ0v) is 12.5. The van der Waals surface area contributed by atoms with Crippen molar-refractivity contribution in [2.24, 2.45) is 4.99 Å². The van der Waals surface area contributed by atoms with Crippen LogP contribution in [0, 0.1) is 0 Å². The third-order valence-corrected chi connectivity index (χ3v) is 3.93. The molecule has 0 radical (unpaired) electrons. The van der Waals surface area contributed by atoms with Crippen LogP contribution in [0.15, 0.2) is 33.7 Å². The fraction of sp³-hybridized carbons (Fsp3) is 0.429. The monoisotopic (exact) mass is 323 g/mol. The van der Waals surface area contributed by atoms with Gasteiger partial charge < -0.3 is 10.6 Å². The Morgan fingerprint density at radius 2 is 2.00 bits per heavy atom. The average Bonchev–Trinajstić information content (AvgIpc) is 2.40. The number of hydrogen-bond acceptors (Lipinski definition) is 3. The van der Waals surface area contributed by atoms with Gasteiger partial charge in [0.2, 0.25) is 6.41 Å². The Morgan fingerprint density at radius 1 is 1.37 bits per heavy atom. The Hall–Kier alpha value is -1.20. The molecular formula is C14H18BrN3O. The van der Waals surface area contributed by atoms with Crippen molar-refractivity contribution in [3.8, 4) is 0 Å². The van der Waals surface area contributed by atoms with Gasteiger partial charge in [0.1, 0.15) is 5.66 Å². The van der Waals surface area contributed by atoms with Crippen LogP contribution in [0.4, 0.5) is 0 Å². The van der Waals surface area contributed by atoms with Crippen molar-refractivity contribution >= 4 is 28.1 Å². The van der Waals surface area contributed by atoms with Crippen molar-refractivity contribution < 1.29 is 4.79 Å². The smallest absolute Gasteiger partial charge is 0.208 e. The van der Waals surface area contributed by atoms with E-state index in [2.05, 4.69) is 26.6 Å². The largest absolute Gasteiger partial charge is 0.334 e. The standard InChI is InChI=1S/C14H18BrN3O/c1-11(12-2-4-13(15)5-3-12)18-14(17-10-19)6-8-16-9-7-14/h2-5,10,16H,6-9H2,1H3,(H,17,19)/b18-11+. The lowest BCUT2D eigenvalue weighted by Gasteiger charge is -2.34. The van der Waals surface area contributed by atoms with Gasteiger partial charge >= 0.3 is 0 Å².